The number of nitro groups is 1. The van der Waals surface area contributed by atoms with Crippen LogP contribution in [0, 0.1) is 10.1 Å². The van der Waals surface area contributed by atoms with Crippen molar-refractivity contribution in [2.75, 3.05) is 26.2 Å². The molecule has 1 aromatic heterocycles. The number of aryl methyl sites for hydroxylation is 1. The number of aromatic nitrogens is 1. The van der Waals surface area contributed by atoms with Crippen LogP contribution in [0.4, 0.5) is 5.69 Å². The molecule has 0 aliphatic carbocycles. The minimum Gasteiger partial charge on any atom is -0.341 e. The van der Waals surface area contributed by atoms with Gasteiger partial charge in [-0.1, -0.05) is 36.4 Å². The van der Waals surface area contributed by atoms with Crippen molar-refractivity contribution in [2.45, 2.75) is 26.6 Å². The third-order valence-corrected chi connectivity index (χ3v) is 6.55. The summed E-state index contributed by atoms with van der Waals surface area (Å²) in [7, 11) is 0. The van der Waals surface area contributed by atoms with Crippen molar-refractivity contribution in [3.05, 3.63) is 88.0 Å². The first-order valence-electron chi connectivity index (χ1n) is 11.3. The van der Waals surface area contributed by atoms with Gasteiger partial charge in [0.2, 0.25) is 0 Å². The van der Waals surface area contributed by atoms with Crippen molar-refractivity contribution in [3.63, 3.8) is 0 Å². The van der Waals surface area contributed by atoms with Crippen molar-refractivity contribution in [2.24, 2.45) is 0 Å². The van der Waals surface area contributed by atoms with Crippen molar-refractivity contribution in [1.29, 1.82) is 0 Å². The lowest BCUT2D eigenvalue weighted by atomic mass is 10.1. The number of hydrogen-bond acceptors (Lipinski definition) is 4. The van der Waals surface area contributed by atoms with Gasteiger partial charge in [0.25, 0.3) is 5.69 Å². The van der Waals surface area contributed by atoms with Crippen LogP contribution in [0.25, 0.3) is 21.8 Å². The minimum absolute atomic E-state index is 0.168. The minimum atomic E-state index is -0.323. The van der Waals surface area contributed by atoms with Gasteiger partial charge in [0.15, 0.2) is 0 Å². The monoisotopic (exact) mass is 428 g/mol. The molecule has 1 aliphatic heterocycles. The Morgan fingerprint density at radius 3 is 2.12 bits per heavy atom. The Bertz CT molecular complexity index is 1270. The number of fused-ring (bicyclic) bond motifs is 3. The third kappa shape index (κ3) is 3.99. The molecule has 0 unspecified atom stereocenters. The van der Waals surface area contributed by atoms with Crippen LogP contribution in [-0.4, -0.2) is 45.5 Å². The van der Waals surface area contributed by atoms with Gasteiger partial charge in [-0.2, -0.15) is 0 Å². The molecule has 0 atom stereocenters. The van der Waals surface area contributed by atoms with E-state index in [1.807, 2.05) is 6.07 Å². The number of nitro benzene ring substituents is 1. The fourth-order valence-corrected chi connectivity index (χ4v) is 4.93. The number of benzene rings is 3. The summed E-state index contributed by atoms with van der Waals surface area (Å²) in [5, 5.41) is 13.7. The summed E-state index contributed by atoms with van der Waals surface area (Å²) in [6, 6.07) is 22.5. The van der Waals surface area contributed by atoms with Gasteiger partial charge >= 0.3 is 0 Å². The molecule has 0 spiro atoms. The van der Waals surface area contributed by atoms with Crippen LogP contribution in [0.2, 0.25) is 0 Å². The lowest BCUT2D eigenvalue weighted by Gasteiger charge is -2.34. The smallest absolute Gasteiger partial charge is 0.269 e. The van der Waals surface area contributed by atoms with Crippen molar-refractivity contribution < 1.29 is 4.92 Å². The Morgan fingerprint density at radius 2 is 1.44 bits per heavy atom. The van der Waals surface area contributed by atoms with Gasteiger partial charge in [-0.3, -0.25) is 19.9 Å². The molecule has 3 aromatic carbocycles. The first-order chi connectivity index (χ1) is 15.6. The molecule has 2 heterocycles. The van der Waals surface area contributed by atoms with Crippen molar-refractivity contribution in [3.8, 4) is 0 Å². The average Bonchev–Trinajstić information content (AvgIpc) is 3.13. The zero-order chi connectivity index (χ0) is 22.1. The van der Waals surface area contributed by atoms with E-state index in [1.165, 1.54) is 27.4 Å². The van der Waals surface area contributed by atoms with Gasteiger partial charge in [0, 0.05) is 79.8 Å². The van der Waals surface area contributed by atoms with Gasteiger partial charge in [-0.15, -0.1) is 0 Å². The predicted octanol–water partition coefficient (Wildman–Crippen LogP) is 5.04. The quantitative estimate of drug-likeness (QED) is 0.319. The van der Waals surface area contributed by atoms with Crippen LogP contribution >= 0.6 is 0 Å². The summed E-state index contributed by atoms with van der Waals surface area (Å²) >= 11 is 0. The number of non-ortho nitro benzene ring substituents is 1. The van der Waals surface area contributed by atoms with Gasteiger partial charge in [0.05, 0.1) is 4.92 Å². The fourth-order valence-electron chi connectivity index (χ4n) is 4.93. The summed E-state index contributed by atoms with van der Waals surface area (Å²) in [5.74, 6) is 0. The third-order valence-electron chi connectivity index (χ3n) is 6.55. The van der Waals surface area contributed by atoms with Crippen LogP contribution in [0.5, 0.6) is 0 Å². The Kier molecular flexibility index (Phi) is 5.64. The molecule has 0 saturated carbocycles. The topological polar surface area (TPSA) is 54.5 Å². The van der Waals surface area contributed by atoms with Gasteiger partial charge in [-0.05, 0) is 36.2 Å². The molecule has 0 N–H and O–H groups in total. The van der Waals surface area contributed by atoms with E-state index in [-0.39, 0.29) is 10.6 Å². The molecule has 0 radical (unpaired) electrons. The maximum absolute atomic E-state index is 11.0. The van der Waals surface area contributed by atoms with E-state index in [9.17, 15) is 10.1 Å². The van der Waals surface area contributed by atoms with E-state index in [0.29, 0.717) is 0 Å². The van der Waals surface area contributed by atoms with E-state index in [1.54, 1.807) is 18.2 Å². The second-order valence-electron chi connectivity index (χ2n) is 8.59. The fraction of sp³-hybridized carbons (Fsp3) is 0.308. The summed E-state index contributed by atoms with van der Waals surface area (Å²) in [6.07, 6.45) is 0. The Morgan fingerprint density at radius 1 is 0.781 bits per heavy atom. The Labute approximate surface area is 187 Å². The van der Waals surface area contributed by atoms with Crippen molar-refractivity contribution >= 4 is 27.5 Å². The molecule has 5 rings (SSSR count). The summed E-state index contributed by atoms with van der Waals surface area (Å²) in [4.78, 5) is 15.6. The molecular formula is C26H28N4O2. The Balaban J connectivity index is 1.26. The number of hydrogen-bond donors (Lipinski definition) is 0. The van der Waals surface area contributed by atoms with E-state index >= 15 is 0 Å². The van der Waals surface area contributed by atoms with Crippen molar-refractivity contribution in [1.82, 2.24) is 14.4 Å². The largest absolute Gasteiger partial charge is 0.341 e. The Hall–Kier alpha value is -3.22. The molecule has 32 heavy (non-hydrogen) atoms. The molecule has 1 fully saturated rings. The normalized spacial score (nSPS) is 15.5. The number of para-hydroxylation sites is 1. The lowest BCUT2D eigenvalue weighted by molar-refractivity contribution is -0.384. The highest BCUT2D eigenvalue weighted by atomic mass is 16.6. The molecular weight excluding hydrogens is 400 g/mol. The van der Waals surface area contributed by atoms with E-state index in [2.05, 4.69) is 63.8 Å². The van der Waals surface area contributed by atoms with Gasteiger partial charge in [0.1, 0.15) is 0 Å². The predicted molar refractivity (Wildman–Crippen MR) is 129 cm³/mol. The van der Waals surface area contributed by atoms with E-state index in [0.717, 1.165) is 51.4 Å². The first kappa shape index (κ1) is 20.7. The van der Waals surface area contributed by atoms with E-state index < -0.39 is 0 Å². The highest BCUT2D eigenvalue weighted by Crippen LogP contribution is 2.30. The maximum Gasteiger partial charge on any atom is 0.269 e. The van der Waals surface area contributed by atoms with Crippen LogP contribution in [0.15, 0.2) is 66.7 Å². The SMILES string of the molecule is CCn1c2ccccc2c2cc(CN3CCN(Cc4cccc([N+](=O)[O-])c4)CC3)ccc21. The zero-order valence-corrected chi connectivity index (χ0v) is 18.4. The second kappa shape index (κ2) is 8.73. The highest BCUT2D eigenvalue weighted by Gasteiger charge is 2.18. The standard InChI is InChI=1S/C26H28N4O2/c1-2-29-25-9-4-3-8-23(25)24-17-21(10-11-26(24)29)19-28-14-12-27(13-15-28)18-20-6-5-7-22(16-20)30(31)32/h3-11,16-17H,2,12-15,18-19H2,1H3. The summed E-state index contributed by atoms with van der Waals surface area (Å²) < 4.78 is 2.39. The first-order valence-corrected chi connectivity index (χ1v) is 11.3. The molecule has 0 amide bonds. The molecule has 164 valence electrons. The van der Waals surface area contributed by atoms with Gasteiger partial charge < -0.3 is 4.57 Å². The van der Waals surface area contributed by atoms with Gasteiger partial charge in [-0.25, -0.2) is 0 Å². The van der Waals surface area contributed by atoms with E-state index in [4.69, 9.17) is 0 Å². The van der Waals surface area contributed by atoms with Crippen LogP contribution in [0.1, 0.15) is 18.1 Å². The second-order valence-corrected chi connectivity index (χ2v) is 8.59. The zero-order valence-electron chi connectivity index (χ0n) is 18.4. The molecule has 4 aromatic rings. The van der Waals surface area contributed by atoms with Crippen LogP contribution in [-0.2, 0) is 19.6 Å². The summed E-state index contributed by atoms with van der Waals surface area (Å²) in [5.41, 5.74) is 5.13. The molecule has 1 saturated heterocycles. The molecule has 6 heteroatoms. The van der Waals surface area contributed by atoms with Crippen LogP contribution < -0.4 is 0 Å². The number of rotatable bonds is 6. The number of nitrogens with zero attached hydrogens (tertiary/aromatic N) is 4. The molecule has 1 aliphatic rings. The highest BCUT2D eigenvalue weighted by molar-refractivity contribution is 6.08. The maximum atomic E-state index is 11.0. The molecule has 0 bridgehead atoms. The molecule has 6 nitrogen and oxygen atoms in total. The summed E-state index contributed by atoms with van der Waals surface area (Å²) in [6.45, 7) is 8.83. The van der Waals surface area contributed by atoms with Crippen LogP contribution in [0.3, 0.4) is 0 Å². The number of piperazine rings is 1. The lowest BCUT2D eigenvalue weighted by Crippen LogP contribution is -2.45. The average molecular weight is 429 g/mol.